The molecule has 1 aromatic carbocycles. The smallest absolute Gasteiger partial charge is 0.347 e. The number of esters is 1. The predicted molar refractivity (Wildman–Crippen MR) is 66.9 cm³/mol. The highest BCUT2D eigenvalue weighted by Gasteiger charge is 2.41. The molecule has 0 amide bonds. The van der Waals surface area contributed by atoms with Crippen molar-refractivity contribution in [3.05, 3.63) is 35.9 Å². The largest absolute Gasteiger partial charge is 0.458 e. The molecule has 0 aromatic heterocycles. The Balaban J connectivity index is 2.82. The van der Waals surface area contributed by atoms with Gasteiger partial charge in [0.05, 0.1) is 6.61 Å². The van der Waals surface area contributed by atoms with Crippen molar-refractivity contribution >= 4 is 5.97 Å². The molecule has 4 heteroatoms. The van der Waals surface area contributed by atoms with E-state index in [1.165, 1.54) is 0 Å². The second-order valence-electron chi connectivity index (χ2n) is 5.29. The Bertz CT molecular complexity index is 397. The number of aliphatic hydroxyl groups is 1. The molecule has 0 aliphatic rings. The number of carbonyl (C=O) groups is 1. The lowest BCUT2D eigenvalue weighted by atomic mass is 9.97. The number of hydrogen-bond acceptors (Lipinski definition) is 3. The van der Waals surface area contributed by atoms with E-state index in [4.69, 9.17) is 9.84 Å². The van der Waals surface area contributed by atoms with Gasteiger partial charge >= 0.3 is 5.97 Å². The van der Waals surface area contributed by atoms with Gasteiger partial charge in [0.25, 0.3) is 0 Å². The summed E-state index contributed by atoms with van der Waals surface area (Å²) in [6.45, 7) is 4.08. The zero-order chi connectivity index (χ0) is 13.8. The van der Waals surface area contributed by atoms with Crippen LogP contribution in [0.4, 0.5) is 4.39 Å². The number of aliphatic hydroxyl groups excluding tert-OH is 1. The van der Waals surface area contributed by atoms with Gasteiger partial charge in [0.1, 0.15) is 5.60 Å². The van der Waals surface area contributed by atoms with E-state index in [9.17, 15) is 9.18 Å². The molecule has 1 rings (SSSR count). The molecular weight excluding hydrogens is 235 g/mol. The third-order valence-electron chi connectivity index (χ3n) is 2.34. The number of halogens is 1. The van der Waals surface area contributed by atoms with Crippen LogP contribution < -0.4 is 0 Å². The average Bonchev–Trinajstić information content (AvgIpc) is 2.28. The molecule has 18 heavy (non-hydrogen) atoms. The van der Waals surface area contributed by atoms with Gasteiger partial charge in [-0.2, -0.15) is 0 Å². The summed E-state index contributed by atoms with van der Waals surface area (Å²) in [5.74, 6) is -1.03. The summed E-state index contributed by atoms with van der Waals surface area (Å²) in [5.41, 5.74) is -2.53. The van der Waals surface area contributed by atoms with Gasteiger partial charge in [0, 0.05) is 6.42 Å². The molecular formula is C14H19FO3. The van der Waals surface area contributed by atoms with Gasteiger partial charge < -0.3 is 9.84 Å². The molecule has 0 spiro atoms. The Morgan fingerprint density at radius 1 is 1.28 bits per heavy atom. The predicted octanol–water partition coefficient (Wildman–Crippen LogP) is 2.27. The first kappa shape index (κ1) is 14.6. The fraction of sp³-hybridized carbons (Fsp3) is 0.500. The van der Waals surface area contributed by atoms with Crippen LogP contribution in [0.2, 0.25) is 0 Å². The van der Waals surface area contributed by atoms with Crippen molar-refractivity contribution in [1.29, 1.82) is 0 Å². The standard InChI is InChI=1S/C14H19FO3/c1-13(2,3)18-12(17)14(15,10-16)9-11-7-5-4-6-8-11/h4-8,16H,9-10H2,1-3H3/t14-/m0/s1. The fourth-order valence-corrected chi connectivity index (χ4v) is 1.48. The van der Waals surface area contributed by atoms with Gasteiger partial charge in [-0.15, -0.1) is 0 Å². The second kappa shape index (κ2) is 5.48. The molecule has 0 saturated carbocycles. The van der Waals surface area contributed by atoms with Gasteiger partial charge in [-0.25, -0.2) is 9.18 Å². The van der Waals surface area contributed by atoms with E-state index >= 15 is 0 Å². The highest BCUT2D eigenvalue weighted by atomic mass is 19.1. The number of carbonyl (C=O) groups excluding carboxylic acids is 1. The molecule has 3 nitrogen and oxygen atoms in total. The van der Waals surface area contributed by atoms with Crippen LogP contribution >= 0.6 is 0 Å². The van der Waals surface area contributed by atoms with Crippen LogP contribution in [0, 0.1) is 0 Å². The first-order valence-corrected chi connectivity index (χ1v) is 5.84. The molecule has 1 atom stereocenters. The van der Waals surface area contributed by atoms with Crippen molar-refractivity contribution in [2.24, 2.45) is 0 Å². The van der Waals surface area contributed by atoms with Crippen molar-refractivity contribution in [3.8, 4) is 0 Å². The maximum Gasteiger partial charge on any atom is 0.347 e. The van der Waals surface area contributed by atoms with E-state index < -0.39 is 23.8 Å². The molecule has 0 aliphatic heterocycles. The molecule has 0 unspecified atom stereocenters. The number of ether oxygens (including phenoxy) is 1. The number of alkyl halides is 1. The molecule has 1 N–H and O–H groups in total. The summed E-state index contributed by atoms with van der Waals surface area (Å²) in [6, 6.07) is 8.71. The first-order chi connectivity index (χ1) is 8.27. The minimum Gasteiger partial charge on any atom is -0.458 e. The van der Waals surface area contributed by atoms with Gasteiger partial charge in [-0.3, -0.25) is 0 Å². The van der Waals surface area contributed by atoms with Crippen LogP contribution in [0.3, 0.4) is 0 Å². The van der Waals surface area contributed by atoms with E-state index in [-0.39, 0.29) is 6.42 Å². The summed E-state index contributed by atoms with van der Waals surface area (Å²) in [7, 11) is 0. The molecule has 0 saturated heterocycles. The first-order valence-electron chi connectivity index (χ1n) is 5.84. The molecule has 0 aliphatic carbocycles. The second-order valence-corrected chi connectivity index (χ2v) is 5.29. The van der Waals surface area contributed by atoms with Gasteiger partial charge in [-0.1, -0.05) is 30.3 Å². The lowest BCUT2D eigenvalue weighted by Gasteiger charge is -2.27. The SMILES string of the molecule is CC(C)(C)OC(=O)[C@@](F)(CO)Cc1ccccc1. The Labute approximate surface area is 107 Å². The van der Waals surface area contributed by atoms with Gasteiger partial charge in [-0.05, 0) is 26.3 Å². The van der Waals surface area contributed by atoms with E-state index in [1.54, 1.807) is 51.1 Å². The zero-order valence-electron chi connectivity index (χ0n) is 10.9. The molecule has 100 valence electrons. The van der Waals surface area contributed by atoms with E-state index in [0.717, 1.165) is 0 Å². The Morgan fingerprint density at radius 3 is 2.28 bits per heavy atom. The number of rotatable bonds is 4. The van der Waals surface area contributed by atoms with Crippen molar-refractivity contribution in [1.82, 2.24) is 0 Å². The highest BCUT2D eigenvalue weighted by molar-refractivity contribution is 5.80. The van der Waals surface area contributed by atoms with Crippen LogP contribution in [0.25, 0.3) is 0 Å². The molecule has 0 fully saturated rings. The topological polar surface area (TPSA) is 46.5 Å². The summed E-state index contributed by atoms with van der Waals surface area (Å²) in [4.78, 5) is 11.8. The number of benzene rings is 1. The average molecular weight is 254 g/mol. The van der Waals surface area contributed by atoms with Gasteiger partial charge in [0.15, 0.2) is 0 Å². The van der Waals surface area contributed by atoms with Crippen LogP contribution in [0.15, 0.2) is 30.3 Å². The van der Waals surface area contributed by atoms with E-state index in [1.807, 2.05) is 0 Å². The van der Waals surface area contributed by atoms with E-state index in [0.29, 0.717) is 5.56 Å². The Morgan fingerprint density at radius 2 is 1.83 bits per heavy atom. The maximum atomic E-state index is 14.4. The summed E-state index contributed by atoms with van der Waals surface area (Å²) < 4.78 is 19.4. The summed E-state index contributed by atoms with van der Waals surface area (Å²) in [5, 5.41) is 9.14. The zero-order valence-corrected chi connectivity index (χ0v) is 10.9. The molecule has 0 bridgehead atoms. The van der Waals surface area contributed by atoms with Crippen molar-refractivity contribution in [2.45, 2.75) is 38.5 Å². The highest BCUT2D eigenvalue weighted by Crippen LogP contribution is 2.22. The van der Waals surface area contributed by atoms with Crippen molar-refractivity contribution in [2.75, 3.05) is 6.61 Å². The monoisotopic (exact) mass is 254 g/mol. The molecule has 0 radical (unpaired) electrons. The van der Waals surface area contributed by atoms with Gasteiger partial charge in [0.2, 0.25) is 5.67 Å². The lowest BCUT2D eigenvalue weighted by Crippen LogP contribution is -2.44. The lowest BCUT2D eigenvalue weighted by molar-refractivity contribution is -0.172. The van der Waals surface area contributed by atoms with Crippen LogP contribution in [-0.4, -0.2) is 29.0 Å². The minimum atomic E-state index is -2.39. The quantitative estimate of drug-likeness (QED) is 0.838. The third kappa shape index (κ3) is 4.11. The van der Waals surface area contributed by atoms with Crippen LogP contribution in [-0.2, 0) is 16.0 Å². The maximum absolute atomic E-state index is 14.4. The van der Waals surface area contributed by atoms with Crippen molar-refractivity contribution in [3.63, 3.8) is 0 Å². The Kier molecular flexibility index (Phi) is 4.46. The van der Waals surface area contributed by atoms with Crippen LogP contribution in [0.5, 0.6) is 0 Å². The summed E-state index contributed by atoms with van der Waals surface area (Å²) in [6.07, 6.45) is -0.195. The van der Waals surface area contributed by atoms with Crippen molar-refractivity contribution < 1.29 is 19.0 Å². The van der Waals surface area contributed by atoms with E-state index in [2.05, 4.69) is 0 Å². The van der Waals surface area contributed by atoms with Crippen LogP contribution in [0.1, 0.15) is 26.3 Å². The number of hydrogen-bond donors (Lipinski definition) is 1. The fourth-order valence-electron chi connectivity index (χ4n) is 1.48. The molecule has 0 heterocycles. The Hall–Kier alpha value is -1.42. The summed E-state index contributed by atoms with van der Waals surface area (Å²) >= 11 is 0. The third-order valence-corrected chi connectivity index (χ3v) is 2.34. The molecule has 1 aromatic rings. The minimum absolute atomic E-state index is 0.195. The normalized spacial score (nSPS) is 14.9.